The molecule has 0 aliphatic rings. The molecule has 0 saturated heterocycles. The van der Waals surface area contributed by atoms with Gasteiger partial charge in [0.1, 0.15) is 15.3 Å². The van der Waals surface area contributed by atoms with Gasteiger partial charge in [-0.1, -0.05) is 6.92 Å². The maximum atomic E-state index is 11.4. The smallest absolute Gasteiger partial charge is 0.267 e. The normalized spacial score (nSPS) is 12.4. The molecular weight excluding hydrogens is 316 g/mol. The van der Waals surface area contributed by atoms with E-state index in [9.17, 15) is 4.79 Å². The van der Waals surface area contributed by atoms with Crippen LogP contribution in [0.2, 0.25) is 0 Å². The van der Waals surface area contributed by atoms with Crippen LogP contribution in [0.25, 0.3) is 0 Å². The van der Waals surface area contributed by atoms with Gasteiger partial charge in [-0.25, -0.2) is 9.97 Å². The van der Waals surface area contributed by atoms with E-state index in [0.717, 1.165) is 11.4 Å². The molecule has 2 aromatic heterocycles. The van der Waals surface area contributed by atoms with Gasteiger partial charge in [-0.3, -0.25) is 4.79 Å². The molecule has 0 saturated carbocycles. The van der Waals surface area contributed by atoms with Gasteiger partial charge in [0.05, 0.1) is 12.4 Å². The standard InChI is InChI=1S/C11H13BrN4OS/c1-3-7-4-13-11(18-7)6(2)16-9-8(12)10(17)15-5-14-9/h4-6H,3H2,1-2H3,(H2,14,15,16,17). The molecule has 2 aromatic rings. The Morgan fingerprint density at radius 1 is 1.56 bits per heavy atom. The highest BCUT2D eigenvalue weighted by atomic mass is 79.9. The topological polar surface area (TPSA) is 70.7 Å². The zero-order valence-electron chi connectivity index (χ0n) is 10.0. The Kier molecular flexibility index (Phi) is 4.13. The lowest BCUT2D eigenvalue weighted by Crippen LogP contribution is -2.14. The quantitative estimate of drug-likeness (QED) is 0.905. The summed E-state index contributed by atoms with van der Waals surface area (Å²) >= 11 is 4.88. The molecule has 0 fully saturated rings. The van der Waals surface area contributed by atoms with Gasteiger partial charge in [-0.05, 0) is 29.3 Å². The van der Waals surface area contributed by atoms with Crippen LogP contribution in [-0.4, -0.2) is 15.0 Å². The molecule has 1 unspecified atom stereocenters. The summed E-state index contributed by atoms with van der Waals surface area (Å²) < 4.78 is 0.407. The number of H-pyrrole nitrogens is 1. The third kappa shape index (κ3) is 2.78. The van der Waals surface area contributed by atoms with Gasteiger partial charge < -0.3 is 10.3 Å². The van der Waals surface area contributed by atoms with Crippen LogP contribution < -0.4 is 10.9 Å². The minimum absolute atomic E-state index is 0.0147. The number of rotatable bonds is 4. The molecule has 0 aliphatic carbocycles. The molecule has 0 aliphatic heterocycles. The lowest BCUT2D eigenvalue weighted by molar-refractivity contribution is 0.854. The van der Waals surface area contributed by atoms with Crippen molar-refractivity contribution in [2.24, 2.45) is 0 Å². The third-order valence-corrected chi connectivity index (χ3v) is 4.50. The summed E-state index contributed by atoms with van der Waals surface area (Å²) in [5.41, 5.74) is -0.201. The molecule has 0 bridgehead atoms. The molecule has 0 aromatic carbocycles. The predicted octanol–water partition coefficient (Wildman–Crippen LogP) is 2.72. The van der Waals surface area contributed by atoms with Crippen molar-refractivity contribution in [1.82, 2.24) is 15.0 Å². The highest BCUT2D eigenvalue weighted by molar-refractivity contribution is 9.10. The van der Waals surface area contributed by atoms with E-state index in [4.69, 9.17) is 0 Å². The monoisotopic (exact) mass is 328 g/mol. The lowest BCUT2D eigenvalue weighted by Gasteiger charge is -2.12. The third-order valence-electron chi connectivity index (χ3n) is 2.44. The van der Waals surface area contributed by atoms with Crippen molar-refractivity contribution in [2.75, 3.05) is 5.32 Å². The number of thiazole rings is 1. The molecule has 96 valence electrons. The molecular formula is C11H13BrN4OS. The minimum Gasteiger partial charge on any atom is -0.360 e. The molecule has 1 atom stereocenters. The van der Waals surface area contributed by atoms with Crippen LogP contribution in [0.1, 0.15) is 29.8 Å². The minimum atomic E-state index is -0.201. The number of aryl methyl sites for hydroxylation is 1. The molecule has 7 heteroatoms. The van der Waals surface area contributed by atoms with Gasteiger partial charge in [-0.2, -0.15) is 0 Å². The van der Waals surface area contributed by atoms with Crippen molar-refractivity contribution in [1.29, 1.82) is 0 Å². The van der Waals surface area contributed by atoms with Gasteiger partial charge in [0.25, 0.3) is 5.56 Å². The van der Waals surface area contributed by atoms with E-state index in [1.165, 1.54) is 11.2 Å². The molecule has 2 rings (SSSR count). The molecule has 0 spiro atoms. The summed E-state index contributed by atoms with van der Waals surface area (Å²) in [6.45, 7) is 4.10. The average Bonchev–Trinajstić information content (AvgIpc) is 2.83. The fraction of sp³-hybridized carbons (Fsp3) is 0.364. The molecule has 2 heterocycles. The van der Waals surface area contributed by atoms with Crippen molar-refractivity contribution in [3.8, 4) is 0 Å². The van der Waals surface area contributed by atoms with Crippen LogP contribution in [0.3, 0.4) is 0 Å². The van der Waals surface area contributed by atoms with Crippen molar-refractivity contribution in [2.45, 2.75) is 26.3 Å². The van der Waals surface area contributed by atoms with Gasteiger partial charge >= 0.3 is 0 Å². The maximum Gasteiger partial charge on any atom is 0.267 e. The highest BCUT2D eigenvalue weighted by Gasteiger charge is 2.13. The van der Waals surface area contributed by atoms with Crippen LogP contribution in [0.15, 0.2) is 21.8 Å². The van der Waals surface area contributed by atoms with Crippen LogP contribution in [0.5, 0.6) is 0 Å². The van der Waals surface area contributed by atoms with Gasteiger partial charge in [0.15, 0.2) is 0 Å². The second-order valence-corrected chi connectivity index (χ2v) is 5.72. The van der Waals surface area contributed by atoms with Crippen LogP contribution in [0.4, 0.5) is 5.82 Å². The first-order chi connectivity index (χ1) is 8.61. The number of hydrogen-bond donors (Lipinski definition) is 2. The number of nitrogens with zero attached hydrogens (tertiary/aromatic N) is 2. The van der Waals surface area contributed by atoms with Crippen LogP contribution in [0, 0.1) is 0 Å². The summed E-state index contributed by atoms with van der Waals surface area (Å²) in [6, 6.07) is 0.0147. The average molecular weight is 329 g/mol. The SMILES string of the molecule is CCc1cnc(C(C)Nc2nc[nH]c(=O)c2Br)s1. The summed E-state index contributed by atoms with van der Waals surface area (Å²) in [5, 5.41) is 4.16. The zero-order chi connectivity index (χ0) is 13.1. The summed E-state index contributed by atoms with van der Waals surface area (Å²) in [5.74, 6) is 0.527. The van der Waals surface area contributed by atoms with Crippen molar-refractivity contribution in [3.05, 3.63) is 37.2 Å². The Morgan fingerprint density at radius 2 is 2.33 bits per heavy atom. The first-order valence-corrected chi connectivity index (χ1v) is 7.17. The van der Waals surface area contributed by atoms with Gasteiger partial charge in [0, 0.05) is 11.1 Å². The first-order valence-electron chi connectivity index (χ1n) is 5.56. The Bertz CT molecular complexity index is 595. The van der Waals surface area contributed by atoms with E-state index in [1.54, 1.807) is 11.3 Å². The van der Waals surface area contributed by atoms with E-state index in [2.05, 4.69) is 43.1 Å². The Hall–Kier alpha value is -1.21. The number of anilines is 1. The van der Waals surface area contributed by atoms with E-state index in [-0.39, 0.29) is 11.6 Å². The molecule has 5 nitrogen and oxygen atoms in total. The largest absolute Gasteiger partial charge is 0.360 e. The second kappa shape index (κ2) is 5.62. The van der Waals surface area contributed by atoms with E-state index in [1.807, 2.05) is 13.1 Å². The summed E-state index contributed by atoms with van der Waals surface area (Å²) in [4.78, 5) is 23.6. The van der Waals surface area contributed by atoms with Gasteiger partial charge in [0.2, 0.25) is 0 Å². The zero-order valence-corrected chi connectivity index (χ0v) is 12.4. The Morgan fingerprint density at radius 3 is 3.00 bits per heavy atom. The number of halogens is 1. The van der Waals surface area contributed by atoms with Crippen molar-refractivity contribution >= 4 is 33.1 Å². The molecule has 0 amide bonds. The Labute approximate surface area is 117 Å². The predicted molar refractivity (Wildman–Crippen MR) is 76.1 cm³/mol. The maximum absolute atomic E-state index is 11.4. The number of nitrogens with one attached hydrogen (secondary N) is 2. The lowest BCUT2D eigenvalue weighted by atomic mass is 10.3. The number of hydrogen-bond acceptors (Lipinski definition) is 5. The van der Waals surface area contributed by atoms with Crippen molar-refractivity contribution in [3.63, 3.8) is 0 Å². The fourth-order valence-electron chi connectivity index (χ4n) is 1.44. The van der Waals surface area contributed by atoms with Crippen LogP contribution >= 0.6 is 27.3 Å². The molecule has 2 N–H and O–H groups in total. The summed E-state index contributed by atoms with van der Waals surface area (Å²) in [7, 11) is 0. The van der Waals surface area contributed by atoms with E-state index < -0.39 is 0 Å². The molecule has 18 heavy (non-hydrogen) atoms. The highest BCUT2D eigenvalue weighted by Crippen LogP contribution is 2.25. The number of aromatic amines is 1. The van der Waals surface area contributed by atoms with Gasteiger partial charge in [-0.15, -0.1) is 11.3 Å². The van der Waals surface area contributed by atoms with E-state index >= 15 is 0 Å². The number of aromatic nitrogens is 3. The van der Waals surface area contributed by atoms with E-state index in [0.29, 0.717) is 10.3 Å². The summed E-state index contributed by atoms with van der Waals surface area (Å²) in [6.07, 6.45) is 4.25. The first kappa shape index (κ1) is 13.2. The van der Waals surface area contributed by atoms with Crippen molar-refractivity contribution < 1.29 is 0 Å². The Balaban J connectivity index is 2.18. The fourth-order valence-corrected chi connectivity index (χ4v) is 2.63. The molecule has 0 radical (unpaired) electrons. The van der Waals surface area contributed by atoms with Crippen LogP contribution in [-0.2, 0) is 6.42 Å². The second-order valence-electron chi connectivity index (χ2n) is 3.78.